The first-order valence-corrected chi connectivity index (χ1v) is 3.93. The number of halogens is 2. The molecule has 0 spiro atoms. The van der Waals surface area contributed by atoms with Crippen LogP contribution in [0.15, 0.2) is 22.8 Å². The number of hydrogen-bond donors (Lipinski definition) is 0. The van der Waals surface area contributed by atoms with Gasteiger partial charge in [0.15, 0.2) is 11.6 Å². The van der Waals surface area contributed by atoms with Crippen molar-refractivity contribution in [3.8, 4) is 0 Å². The number of fused-ring (bicyclic) bond motifs is 1. The number of benzene rings is 1. The molecule has 0 fully saturated rings. The van der Waals surface area contributed by atoms with E-state index in [0.717, 1.165) is 6.07 Å². The third-order valence-electron chi connectivity index (χ3n) is 1.98. The summed E-state index contributed by atoms with van der Waals surface area (Å²) in [5.74, 6) is -2.03. The summed E-state index contributed by atoms with van der Waals surface area (Å²) in [4.78, 5) is 10.1. The fraction of sp³-hybridized carbons (Fsp3) is 0.100. The molecule has 0 aliphatic carbocycles. The minimum atomic E-state index is -1.05. The van der Waals surface area contributed by atoms with Crippen molar-refractivity contribution in [3.05, 3.63) is 35.6 Å². The first-order chi connectivity index (χ1) is 6.74. The lowest BCUT2D eigenvalue weighted by Crippen LogP contribution is -1.95. The van der Waals surface area contributed by atoms with E-state index in [1.807, 2.05) is 0 Å². The summed E-state index contributed by atoms with van der Waals surface area (Å²) in [6.07, 6.45) is 2.52. The predicted octanol–water partition coefficient (Wildman–Crippen LogP) is 2.36. The predicted molar refractivity (Wildman–Crippen MR) is 45.5 cm³/mol. The molecule has 0 atom stereocenters. The summed E-state index contributed by atoms with van der Waals surface area (Å²) in [6, 6.07) is 2.54. The van der Waals surface area contributed by atoms with Crippen LogP contribution in [0.4, 0.5) is 8.78 Å². The van der Waals surface area contributed by atoms with Gasteiger partial charge in [-0.15, -0.1) is 0 Å². The molecule has 1 aromatic carbocycles. The van der Waals surface area contributed by atoms with Crippen molar-refractivity contribution in [2.24, 2.45) is 0 Å². The quantitative estimate of drug-likeness (QED) is 0.736. The molecule has 2 aromatic rings. The zero-order chi connectivity index (χ0) is 10.1. The van der Waals surface area contributed by atoms with Gasteiger partial charge in [-0.1, -0.05) is 0 Å². The van der Waals surface area contributed by atoms with Gasteiger partial charge in [0, 0.05) is 17.4 Å². The average Bonchev–Trinajstić information content (AvgIpc) is 2.60. The van der Waals surface area contributed by atoms with E-state index >= 15 is 0 Å². The Morgan fingerprint density at radius 3 is 2.93 bits per heavy atom. The van der Waals surface area contributed by atoms with Gasteiger partial charge in [-0.25, -0.2) is 8.78 Å². The molecule has 0 saturated heterocycles. The summed E-state index contributed by atoms with van der Waals surface area (Å²) in [7, 11) is 0. The summed E-state index contributed by atoms with van der Waals surface area (Å²) in [5.41, 5.74) is 0.118. The molecule has 1 heterocycles. The largest absolute Gasteiger partial charge is 0.464 e. The lowest BCUT2D eigenvalue weighted by atomic mass is 10.1. The Labute approximate surface area is 78.1 Å². The Hall–Kier alpha value is -1.71. The molecule has 0 amide bonds. The maximum Gasteiger partial charge on any atom is 0.203 e. The highest BCUT2D eigenvalue weighted by molar-refractivity contribution is 5.82. The molecule has 2 nitrogen and oxygen atoms in total. The van der Waals surface area contributed by atoms with Gasteiger partial charge in [-0.2, -0.15) is 0 Å². The molecule has 0 N–H and O–H groups in total. The second-order valence-electron chi connectivity index (χ2n) is 2.81. The molecule has 4 heteroatoms. The zero-order valence-corrected chi connectivity index (χ0v) is 7.01. The monoisotopic (exact) mass is 195 g/mol. The van der Waals surface area contributed by atoms with Crippen molar-refractivity contribution in [1.82, 2.24) is 0 Å². The van der Waals surface area contributed by atoms with E-state index in [4.69, 9.17) is 4.42 Å². The van der Waals surface area contributed by atoms with Crippen molar-refractivity contribution >= 4 is 17.3 Å². The third-order valence-corrected chi connectivity index (χ3v) is 1.98. The van der Waals surface area contributed by atoms with Crippen LogP contribution in [-0.4, -0.2) is 6.29 Å². The van der Waals surface area contributed by atoms with Gasteiger partial charge in [0.05, 0.1) is 6.26 Å². The van der Waals surface area contributed by atoms with Crippen LogP contribution >= 0.6 is 0 Å². The van der Waals surface area contributed by atoms with Crippen LogP contribution in [-0.2, 0) is 11.2 Å². The third kappa shape index (κ3) is 1.19. The smallest absolute Gasteiger partial charge is 0.203 e. The fourth-order valence-electron chi connectivity index (χ4n) is 1.35. The van der Waals surface area contributed by atoms with Crippen molar-refractivity contribution in [2.45, 2.75) is 6.42 Å². The van der Waals surface area contributed by atoms with Gasteiger partial charge in [0.2, 0.25) is 6.29 Å². The highest BCUT2D eigenvalue weighted by atomic mass is 19.2. The SMILES string of the molecule is O=[C]Cc1c(F)c(F)cc2ccoc12. The molecule has 71 valence electrons. The maximum absolute atomic E-state index is 13.2. The van der Waals surface area contributed by atoms with E-state index in [2.05, 4.69) is 0 Å². The highest BCUT2D eigenvalue weighted by Crippen LogP contribution is 2.25. The van der Waals surface area contributed by atoms with Crippen molar-refractivity contribution in [2.75, 3.05) is 0 Å². The van der Waals surface area contributed by atoms with E-state index in [9.17, 15) is 13.6 Å². The summed E-state index contributed by atoms with van der Waals surface area (Å²) >= 11 is 0. The van der Waals surface area contributed by atoms with Gasteiger partial charge in [0.1, 0.15) is 5.58 Å². The van der Waals surface area contributed by atoms with Crippen LogP contribution in [0.5, 0.6) is 0 Å². The highest BCUT2D eigenvalue weighted by Gasteiger charge is 2.15. The van der Waals surface area contributed by atoms with Crippen LogP contribution in [0, 0.1) is 11.6 Å². The molecular weight excluding hydrogens is 190 g/mol. The Morgan fingerprint density at radius 1 is 1.43 bits per heavy atom. The van der Waals surface area contributed by atoms with Gasteiger partial charge in [-0.05, 0) is 12.1 Å². The minimum absolute atomic E-state index is 0.0833. The van der Waals surface area contributed by atoms with E-state index in [0.29, 0.717) is 5.39 Å². The summed E-state index contributed by atoms with van der Waals surface area (Å²) in [5, 5.41) is 0.439. The Kier molecular flexibility index (Phi) is 2.04. The van der Waals surface area contributed by atoms with E-state index in [-0.39, 0.29) is 17.6 Å². The lowest BCUT2D eigenvalue weighted by Gasteiger charge is -2.00. The molecule has 0 aliphatic rings. The number of carbonyl (C=O) groups excluding carboxylic acids is 1. The molecule has 1 aromatic heterocycles. The van der Waals surface area contributed by atoms with Crippen molar-refractivity contribution in [1.29, 1.82) is 0 Å². The Balaban J connectivity index is 2.79. The van der Waals surface area contributed by atoms with Gasteiger partial charge >= 0.3 is 0 Å². The average molecular weight is 195 g/mol. The van der Waals surface area contributed by atoms with Crippen LogP contribution in [0.1, 0.15) is 5.56 Å². The summed E-state index contributed by atoms with van der Waals surface area (Å²) < 4.78 is 31.1. The van der Waals surface area contributed by atoms with Crippen LogP contribution in [0.25, 0.3) is 11.0 Å². The Morgan fingerprint density at radius 2 is 2.21 bits per heavy atom. The first kappa shape index (κ1) is 8.87. The molecule has 0 aliphatic heterocycles. The molecule has 14 heavy (non-hydrogen) atoms. The molecule has 2 rings (SSSR count). The van der Waals surface area contributed by atoms with Crippen LogP contribution in [0.3, 0.4) is 0 Å². The summed E-state index contributed by atoms with van der Waals surface area (Å²) in [6.45, 7) is 0. The maximum atomic E-state index is 13.2. The van der Waals surface area contributed by atoms with Gasteiger partial charge in [0.25, 0.3) is 0 Å². The fourth-order valence-corrected chi connectivity index (χ4v) is 1.35. The standard InChI is InChI=1S/C10H5F2O2/c11-8-5-6-2-4-14-10(6)7(1-3-13)9(8)12/h2,4-5H,1H2. The molecule has 0 unspecified atom stereocenters. The van der Waals surface area contributed by atoms with Crippen LogP contribution < -0.4 is 0 Å². The second-order valence-corrected chi connectivity index (χ2v) is 2.81. The second kappa shape index (κ2) is 3.21. The zero-order valence-electron chi connectivity index (χ0n) is 7.01. The number of hydrogen-bond acceptors (Lipinski definition) is 2. The lowest BCUT2D eigenvalue weighted by molar-refractivity contribution is 0.497. The molecule has 0 bridgehead atoms. The van der Waals surface area contributed by atoms with E-state index in [1.54, 1.807) is 0 Å². The van der Waals surface area contributed by atoms with E-state index in [1.165, 1.54) is 18.6 Å². The normalized spacial score (nSPS) is 10.7. The van der Waals surface area contributed by atoms with Crippen molar-refractivity contribution in [3.63, 3.8) is 0 Å². The molecular formula is C10H5F2O2. The Bertz CT molecular complexity index is 488. The first-order valence-electron chi connectivity index (χ1n) is 3.93. The van der Waals surface area contributed by atoms with Gasteiger partial charge in [-0.3, -0.25) is 4.79 Å². The molecule has 0 saturated carbocycles. The van der Waals surface area contributed by atoms with Crippen LogP contribution in [0.2, 0.25) is 0 Å². The minimum Gasteiger partial charge on any atom is -0.464 e. The van der Waals surface area contributed by atoms with Gasteiger partial charge < -0.3 is 4.42 Å². The topological polar surface area (TPSA) is 30.2 Å². The molecule has 1 radical (unpaired) electrons. The van der Waals surface area contributed by atoms with E-state index < -0.39 is 11.6 Å². The number of furan rings is 1. The van der Waals surface area contributed by atoms with Crippen molar-refractivity contribution < 1.29 is 18.0 Å². The number of rotatable bonds is 2.